The van der Waals surface area contributed by atoms with Crippen molar-refractivity contribution in [3.8, 4) is 5.82 Å². The van der Waals surface area contributed by atoms with Crippen molar-refractivity contribution in [3.05, 3.63) is 31.1 Å². The van der Waals surface area contributed by atoms with E-state index in [-0.39, 0.29) is 5.92 Å². The number of aromatic nitrogens is 4. The molecule has 1 N–H and O–H groups in total. The van der Waals surface area contributed by atoms with Crippen molar-refractivity contribution >= 4 is 11.8 Å². The number of anilines is 1. The Kier molecular flexibility index (Phi) is 3.32. The zero-order valence-electron chi connectivity index (χ0n) is 10.9. The normalized spacial score (nSPS) is 19.0. The van der Waals surface area contributed by atoms with Crippen LogP contribution in [0.5, 0.6) is 0 Å². The first-order chi connectivity index (χ1) is 9.74. The summed E-state index contributed by atoms with van der Waals surface area (Å²) in [4.78, 5) is 25.6. The van der Waals surface area contributed by atoms with Crippen molar-refractivity contribution < 1.29 is 9.90 Å². The minimum Gasteiger partial charge on any atom is -0.481 e. The molecule has 20 heavy (non-hydrogen) atoms. The highest BCUT2D eigenvalue weighted by atomic mass is 16.4. The largest absolute Gasteiger partial charge is 0.481 e. The lowest BCUT2D eigenvalue weighted by Gasteiger charge is -2.31. The minimum absolute atomic E-state index is 0.324. The molecule has 2 aromatic rings. The van der Waals surface area contributed by atoms with Crippen LogP contribution >= 0.6 is 0 Å². The number of hydrogen-bond donors (Lipinski definition) is 1. The summed E-state index contributed by atoms with van der Waals surface area (Å²) in [6, 6.07) is 1.85. The van der Waals surface area contributed by atoms with Crippen LogP contribution in [0, 0.1) is 5.92 Å². The van der Waals surface area contributed by atoms with Gasteiger partial charge in [-0.05, 0) is 12.8 Å². The molecule has 3 heterocycles. The summed E-state index contributed by atoms with van der Waals surface area (Å²) in [6.45, 7) is 1.32. The van der Waals surface area contributed by atoms with Gasteiger partial charge in [0.2, 0.25) is 0 Å². The second-order valence-electron chi connectivity index (χ2n) is 4.83. The number of rotatable bonds is 3. The lowest BCUT2D eigenvalue weighted by Crippen LogP contribution is -2.39. The van der Waals surface area contributed by atoms with E-state index < -0.39 is 5.97 Å². The molecule has 3 rings (SSSR count). The SMILES string of the molecule is O=C(O)[C@@H]1CCCN(c2cc(-n3ccnc3)ncn2)C1. The van der Waals surface area contributed by atoms with Crippen LogP contribution in [0.15, 0.2) is 31.1 Å². The number of hydrogen-bond acceptors (Lipinski definition) is 5. The van der Waals surface area contributed by atoms with E-state index in [2.05, 4.69) is 15.0 Å². The fourth-order valence-electron chi connectivity index (χ4n) is 2.43. The summed E-state index contributed by atoms with van der Waals surface area (Å²) in [7, 11) is 0. The highest BCUT2D eigenvalue weighted by Crippen LogP contribution is 2.22. The lowest BCUT2D eigenvalue weighted by molar-refractivity contribution is -0.141. The van der Waals surface area contributed by atoms with Crippen molar-refractivity contribution in [2.75, 3.05) is 18.0 Å². The molecule has 0 amide bonds. The van der Waals surface area contributed by atoms with Crippen LogP contribution in [-0.4, -0.2) is 43.7 Å². The van der Waals surface area contributed by atoms with E-state index in [0.717, 1.165) is 31.0 Å². The predicted molar refractivity (Wildman–Crippen MR) is 71.7 cm³/mol. The molecule has 1 aliphatic rings. The zero-order chi connectivity index (χ0) is 13.9. The van der Waals surface area contributed by atoms with E-state index in [9.17, 15) is 4.79 Å². The molecule has 7 nitrogen and oxygen atoms in total. The molecule has 0 unspecified atom stereocenters. The fourth-order valence-corrected chi connectivity index (χ4v) is 2.43. The maximum atomic E-state index is 11.1. The van der Waals surface area contributed by atoms with Gasteiger partial charge in [0.05, 0.1) is 5.92 Å². The summed E-state index contributed by atoms with van der Waals surface area (Å²) in [6.07, 6.45) is 8.25. The van der Waals surface area contributed by atoms with E-state index in [1.165, 1.54) is 6.33 Å². The highest BCUT2D eigenvalue weighted by Gasteiger charge is 2.26. The van der Waals surface area contributed by atoms with Gasteiger partial charge < -0.3 is 10.0 Å². The molecule has 104 valence electrons. The minimum atomic E-state index is -0.737. The Balaban J connectivity index is 1.83. The molecule has 0 spiro atoms. The van der Waals surface area contributed by atoms with Gasteiger partial charge in [0.15, 0.2) is 0 Å². The van der Waals surface area contributed by atoms with Gasteiger partial charge in [0.25, 0.3) is 0 Å². The van der Waals surface area contributed by atoms with Crippen molar-refractivity contribution in [1.82, 2.24) is 19.5 Å². The van der Waals surface area contributed by atoms with Crippen LogP contribution in [0.4, 0.5) is 5.82 Å². The van der Waals surface area contributed by atoms with Crippen molar-refractivity contribution in [3.63, 3.8) is 0 Å². The Morgan fingerprint density at radius 2 is 2.20 bits per heavy atom. The average molecular weight is 273 g/mol. The van der Waals surface area contributed by atoms with Crippen molar-refractivity contribution in [2.45, 2.75) is 12.8 Å². The van der Waals surface area contributed by atoms with E-state index in [4.69, 9.17) is 5.11 Å². The summed E-state index contributed by atoms with van der Waals surface area (Å²) in [5.74, 6) is 0.425. The van der Waals surface area contributed by atoms with Gasteiger partial charge in [-0.1, -0.05) is 0 Å². The van der Waals surface area contributed by atoms with E-state index in [1.54, 1.807) is 17.1 Å². The van der Waals surface area contributed by atoms with Crippen LogP contribution < -0.4 is 4.90 Å². The monoisotopic (exact) mass is 273 g/mol. The Morgan fingerprint density at radius 1 is 1.35 bits per heavy atom. The standard InChI is InChI=1S/C13H15N5O2/c19-13(20)10-2-1-4-17(7-10)11-6-12(16-8-15-11)18-5-3-14-9-18/h3,5-6,8-10H,1-2,4,7H2,(H,19,20)/t10-/m1/s1. The number of aliphatic carboxylic acids is 1. The average Bonchev–Trinajstić information content (AvgIpc) is 3.02. The highest BCUT2D eigenvalue weighted by molar-refractivity contribution is 5.71. The van der Waals surface area contributed by atoms with E-state index in [0.29, 0.717) is 6.54 Å². The number of piperidine rings is 1. The molecule has 1 saturated heterocycles. The van der Waals surface area contributed by atoms with Gasteiger partial charge in [-0.25, -0.2) is 15.0 Å². The summed E-state index contributed by atoms with van der Waals surface area (Å²) in [5.41, 5.74) is 0. The third-order valence-electron chi connectivity index (χ3n) is 3.50. The Hall–Kier alpha value is -2.44. The van der Waals surface area contributed by atoms with Crippen molar-refractivity contribution in [1.29, 1.82) is 0 Å². The maximum absolute atomic E-state index is 11.1. The van der Waals surface area contributed by atoms with E-state index >= 15 is 0 Å². The second-order valence-corrected chi connectivity index (χ2v) is 4.83. The summed E-state index contributed by atoms with van der Waals surface area (Å²) in [5, 5.41) is 9.14. The Labute approximate surface area is 115 Å². The molecular formula is C13H15N5O2. The number of imidazole rings is 1. The predicted octanol–water partition coefficient (Wildman–Crippen LogP) is 0.963. The molecule has 0 radical (unpaired) electrons. The van der Waals surface area contributed by atoms with Gasteiger partial charge in [0, 0.05) is 31.5 Å². The number of nitrogens with zero attached hydrogens (tertiary/aromatic N) is 5. The third-order valence-corrected chi connectivity index (χ3v) is 3.50. The third kappa shape index (κ3) is 2.47. The van der Waals surface area contributed by atoms with Gasteiger partial charge in [-0.15, -0.1) is 0 Å². The molecule has 2 aromatic heterocycles. The quantitative estimate of drug-likeness (QED) is 0.896. The van der Waals surface area contributed by atoms with E-state index in [1.807, 2.05) is 17.2 Å². The molecular weight excluding hydrogens is 258 g/mol. The lowest BCUT2D eigenvalue weighted by atomic mass is 9.98. The number of carboxylic acid groups (broad SMARTS) is 1. The molecule has 0 aliphatic carbocycles. The molecule has 0 bridgehead atoms. The molecule has 7 heteroatoms. The Bertz CT molecular complexity index is 599. The molecule has 1 fully saturated rings. The van der Waals surface area contributed by atoms with Gasteiger partial charge in [-0.2, -0.15) is 0 Å². The van der Waals surface area contributed by atoms with Crippen LogP contribution in [0.3, 0.4) is 0 Å². The molecule has 0 saturated carbocycles. The Morgan fingerprint density at radius 3 is 2.95 bits per heavy atom. The molecule has 0 aromatic carbocycles. The fraction of sp³-hybridized carbons (Fsp3) is 0.385. The topological polar surface area (TPSA) is 84.1 Å². The summed E-state index contributed by atoms with van der Waals surface area (Å²) >= 11 is 0. The summed E-state index contributed by atoms with van der Waals surface area (Å²) < 4.78 is 1.80. The smallest absolute Gasteiger partial charge is 0.308 e. The first-order valence-electron chi connectivity index (χ1n) is 6.52. The van der Waals surface area contributed by atoms with Gasteiger partial charge in [0.1, 0.15) is 24.3 Å². The molecule has 1 atom stereocenters. The number of carbonyl (C=O) groups is 1. The van der Waals surface area contributed by atoms with Gasteiger partial charge in [-0.3, -0.25) is 9.36 Å². The molecule has 1 aliphatic heterocycles. The first kappa shape index (κ1) is 12.6. The number of carboxylic acids is 1. The van der Waals surface area contributed by atoms with Crippen LogP contribution in [0.2, 0.25) is 0 Å². The second kappa shape index (κ2) is 5.28. The van der Waals surface area contributed by atoms with Crippen LogP contribution in [-0.2, 0) is 4.79 Å². The van der Waals surface area contributed by atoms with Crippen molar-refractivity contribution in [2.24, 2.45) is 5.92 Å². The zero-order valence-corrected chi connectivity index (χ0v) is 10.9. The maximum Gasteiger partial charge on any atom is 0.308 e. The van der Waals surface area contributed by atoms with Crippen LogP contribution in [0.25, 0.3) is 5.82 Å². The van der Waals surface area contributed by atoms with Crippen LogP contribution in [0.1, 0.15) is 12.8 Å². The van der Waals surface area contributed by atoms with Gasteiger partial charge >= 0.3 is 5.97 Å². The first-order valence-corrected chi connectivity index (χ1v) is 6.52.